The summed E-state index contributed by atoms with van der Waals surface area (Å²) in [5.41, 5.74) is 3.47. The van der Waals surface area contributed by atoms with E-state index in [1.54, 1.807) is 23.5 Å². The number of aromatic nitrogens is 3. The molecule has 9 heteroatoms. The van der Waals surface area contributed by atoms with Gasteiger partial charge in [0.1, 0.15) is 5.82 Å². The summed E-state index contributed by atoms with van der Waals surface area (Å²) < 4.78 is 2.16. The van der Waals surface area contributed by atoms with Gasteiger partial charge in [0, 0.05) is 54.9 Å². The number of amides is 2. The van der Waals surface area contributed by atoms with Gasteiger partial charge in [0.2, 0.25) is 11.8 Å². The van der Waals surface area contributed by atoms with Gasteiger partial charge in [0.25, 0.3) is 0 Å². The second-order valence-electron chi connectivity index (χ2n) is 10.9. The average molecular weight is 614 g/mol. The Morgan fingerprint density at radius 2 is 1.56 bits per heavy atom. The van der Waals surface area contributed by atoms with Gasteiger partial charge in [-0.2, -0.15) is 0 Å². The Morgan fingerprint density at radius 3 is 2.28 bits per heavy atom. The molecule has 43 heavy (non-hydrogen) atoms. The summed E-state index contributed by atoms with van der Waals surface area (Å²) in [7, 11) is 0. The van der Waals surface area contributed by atoms with Gasteiger partial charge in [-0.1, -0.05) is 78.0 Å². The Labute approximate surface area is 263 Å². The van der Waals surface area contributed by atoms with E-state index >= 15 is 0 Å². The smallest absolute Gasteiger partial charge is 0.233 e. The number of hydrogen-bond acceptors (Lipinski definition) is 6. The molecule has 1 aliphatic rings. The summed E-state index contributed by atoms with van der Waals surface area (Å²) in [5.74, 6) is 2.51. The van der Waals surface area contributed by atoms with E-state index in [-0.39, 0.29) is 17.9 Å². The molecule has 2 heterocycles. The van der Waals surface area contributed by atoms with Crippen LogP contribution in [0, 0.1) is 6.92 Å². The number of aryl methyl sites for hydroxylation is 1. The van der Waals surface area contributed by atoms with Crippen LogP contribution in [0.5, 0.6) is 0 Å². The first-order valence-corrected chi connectivity index (χ1v) is 16.9. The Bertz CT molecular complexity index is 1480. The lowest BCUT2D eigenvalue weighted by Crippen LogP contribution is -2.55. The first kappa shape index (κ1) is 30.9. The van der Waals surface area contributed by atoms with Crippen LogP contribution in [0.1, 0.15) is 43.1 Å². The summed E-state index contributed by atoms with van der Waals surface area (Å²) in [5, 5.41) is 9.97. The monoisotopic (exact) mass is 613 g/mol. The zero-order chi connectivity index (χ0) is 30.0. The fraction of sp³-hybridized carbons (Fsp3) is 0.353. The number of carbonyl (C=O) groups excluding carboxylic acids is 2. The quantitative estimate of drug-likeness (QED) is 0.138. The molecule has 0 radical (unpaired) electrons. The van der Waals surface area contributed by atoms with Gasteiger partial charge >= 0.3 is 0 Å². The number of rotatable bonds is 12. The van der Waals surface area contributed by atoms with Crippen molar-refractivity contribution in [1.29, 1.82) is 0 Å². The molecule has 0 N–H and O–H groups in total. The van der Waals surface area contributed by atoms with Gasteiger partial charge in [-0.3, -0.25) is 14.2 Å². The predicted octanol–water partition coefficient (Wildman–Crippen LogP) is 6.28. The van der Waals surface area contributed by atoms with Gasteiger partial charge in [0.05, 0.1) is 5.75 Å². The third-order valence-corrected chi connectivity index (χ3v) is 9.63. The van der Waals surface area contributed by atoms with Crippen molar-refractivity contribution in [3.8, 4) is 5.69 Å². The van der Waals surface area contributed by atoms with Gasteiger partial charge in [-0.15, -0.1) is 22.0 Å². The fourth-order valence-electron chi connectivity index (χ4n) is 5.24. The van der Waals surface area contributed by atoms with E-state index < -0.39 is 0 Å². The van der Waals surface area contributed by atoms with Crippen LogP contribution in [-0.4, -0.2) is 73.6 Å². The Balaban J connectivity index is 1.08. The molecule has 5 rings (SSSR count). The molecule has 1 saturated heterocycles. The van der Waals surface area contributed by atoms with Crippen LogP contribution >= 0.6 is 23.5 Å². The van der Waals surface area contributed by atoms with E-state index in [1.165, 1.54) is 11.1 Å². The Morgan fingerprint density at radius 1 is 0.837 bits per heavy atom. The highest BCUT2D eigenvalue weighted by Gasteiger charge is 2.29. The first-order chi connectivity index (χ1) is 21.0. The van der Waals surface area contributed by atoms with Gasteiger partial charge in [-0.05, 0) is 56.5 Å². The van der Waals surface area contributed by atoms with Crippen LogP contribution in [0.15, 0.2) is 95.0 Å². The van der Waals surface area contributed by atoms with E-state index in [1.807, 2.05) is 65.3 Å². The minimum absolute atomic E-state index is 0.0235. The van der Waals surface area contributed by atoms with Crippen LogP contribution in [0.2, 0.25) is 0 Å². The second-order valence-corrected chi connectivity index (χ2v) is 13.0. The lowest BCUT2D eigenvalue weighted by molar-refractivity contribution is -0.141. The minimum Gasteiger partial charge on any atom is -0.339 e. The van der Waals surface area contributed by atoms with Gasteiger partial charge in [0.15, 0.2) is 5.16 Å². The molecule has 0 saturated carbocycles. The SMILES string of the molecule is Cc1ccc(-n2c(Cc3ccccc3)nnc2SCCCCC(=O)N2CCN(C(=O)CSc3ccccc3)C(C)C2)cc1. The van der Waals surface area contributed by atoms with Crippen molar-refractivity contribution < 1.29 is 9.59 Å². The first-order valence-electron chi connectivity index (χ1n) is 14.9. The van der Waals surface area contributed by atoms with E-state index in [0.717, 1.165) is 40.2 Å². The van der Waals surface area contributed by atoms with Crippen molar-refractivity contribution in [2.75, 3.05) is 31.1 Å². The van der Waals surface area contributed by atoms with Crippen LogP contribution in [0.25, 0.3) is 5.69 Å². The maximum atomic E-state index is 13.0. The van der Waals surface area contributed by atoms with Crippen molar-refractivity contribution in [2.24, 2.45) is 0 Å². The highest BCUT2D eigenvalue weighted by Crippen LogP contribution is 2.25. The molecular formula is C34H39N5O2S2. The summed E-state index contributed by atoms with van der Waals surface area (Å²) in [6.45, 7) is 5.92. The largest absolute Gasteiger partial charge is 0.339 e. The molecule has 1 atom stereocenters. The van der Waals surface area contributed by atoms with Crippen molar-refractivity contribution in [3.63, 3.8) is 0 Å². The second kappa shape index (κ2) is 15.3. The van der Waals surface area contributed by atoms with E-state index in [4.69, 9.17) is 0 Å². The molecule has 0 aliphatic carbocycles. The summed E-state index contributed by atoms with van der Waals surface area (Å²) in [6.07, 6.45) is 2.97. The molecule has 1 fully saturated rings. The van der Waals surface area contributed by atoms with Crippen molar-refractivity contribution in [1.82, 2.24) is 24.6 Å². The number of thioether (sulfide) groups is 2. The number of unbranched alkanes of at least 4 members (excludes halogenated alkanes) is 1. The number of benzene rings is 3. The van der Waals surface area contributed by atoms with Crippen LogP contribution in [0.4, 0.5) is 0 Å². The molecule has 4 aromatic rings. The normalized spacial score (nSPS) is 15.1. The molecule has 0 bridgehead atoms. The number of carbonyl (C=O) groups is 2. The molecule has 1 aliphatic heterocycles. The van der Waals surface area contributed by atoms with E-state index in [0.29, 0.717) is 38.2 Å². The molecule has 7 nitrogen and oxygen atoms in total. The maximum absolute atomic E-state index is 13.0. The minimum atomic E-state index is 0.0235. The molecule has 1 aromatic heterocycles. The maximum Gasteiger partial charge on any atom is 0.233 e. The third kappa shape index (κ3) is 8.51. The molecular weight excluding hydrogens is 575 g/mol. The molecule has 3 aromatic carbocycles. The Hall–Kier alpha value is -3.56. The van der Waals surface area contributed by atoms with Crippen molar-refractivity contribution >= 4 is 35.3 Å². The summed E-state index contributed by atoms with van der Waals surface area (Å²) in [4.78, 5) is 30.8. The van der Waals surface area contributed by atoms with E-state index in [9.17, 15) is 9.59 Å². The number of piperazine rings is 1. The van der Waals surface area contributed by atoms with Crippen LogP contribution in [-0.2, 0) is 16.0 Å². The zero-order valence-electron chi connectivity index (χ0n) is 24.9. The van der Waals surface area contributed by atoms with Crippen LogP contribution in [0.3, 0.4) is 0 Å². The Kier molecular flexibility index (Phi) is 11.0. The molecule has 0 spiro atoms. The highest BCUT2D eigenvalue weighted by atomic mass is 32.2. The van der Waals surface area contributed by atoms with Crippen molar-refractivity contribution in [2.45, 2.75) is 55.6 Å². The lowest BCUT2D eigenvalue weighted by atomic mass is 10.1. The van der Waals surface area contributed by atoms with E-state index in [2.05, 4.69) is 58.1 Å². The molecule has 224 valence electrons. The lowest BCUT2D eigenvalue weighted by Gasteiger charge is -2.40. The summed E-state index contributed by atoms with van der Waals surface area (Å²) in [6, 6.07) is 28.8. The number of nitrogens with zero attached hydrogens (tertiary/aromatic N) is 5. The topological polar surface area (TPSA) is 71.3 Å². The highest BCUT2D eigenvalue weighted by molar-refractivity contribution is 8.00. The predicted molar refractivity (Wildman–Crippen MR) is 175 cm³/mol. The van der Waals surface area contributed by atoms with Gasteiger partial charge in [-0.25, -0.2) is 0 Å². The summed E-state index contributed by atoms with van der Waals surface area (Å²) >= 11 is 3.25. The standard InChI is InChI=1S/C34H39N5O2S2/c1-26-16-18-29(19-17-26)39-31(23-28-11-5-3-6-12-28)35-36-34(39)42-22-10-9-15-32(40)37-20-21-38(27(2)24-37)33(41)25-43-30-13-7-4-8-14-30/h3-8,11-14,16-19,27H,9-10,15,20-25H2,1-2H3. The van der Waals surface area contributed by atoms with Gasteiger partial charge < -0.3 is 9.80 Å². The van der Waals surface area contributed by atoms with Crippen molar-refractivity contribution in [3.05, 3.63) is 102 Å². The zero-order valence-corrected chi connectivity index (χ0v) is 26.5. The third-order valence-electron chi connectivity index (χ3n) is 7.62. The van der Waals surface area contributed by atoms with Crippen LogP contribution < -0.4 is 0 Å². The fourth-order valence-corrected chi connectivity index (χ4v) is 7.01. The number of hydrogen-bond donors (Lipinski definition) is 0. The average Bonchev–Trinajstić information content (AvgIpc) is 3.42. The molecule has 2 amide bonds. The molecule has 1 unspecified atom stereocenters.